The number of ether oxygens (including phenoxy) is 1. The minimum absolute atomic E-state index is 0.118. The van der Waals surface area contributed by atoms with Gasteiger partial charge < -0.3 is 20.7 Å². The fourth-order valence-electron chi connectivity index (χ4n) is 7.03. The van der Waals surface area contributed by atoms with Gasteiger partial charge in [0, 0.05) is 48.2 Å². The molecule has 0 aromatic heterocycles. The number of aryl methyl sites for hydroxylation is 1. The molecule has 5 rings (SSSR count). The summed E-state index contributed by atoms with van der Waals surface area (Å²) in [4.78, 5) is 30.8. The molecule has 2 heterocycles. The van der Waals surface area contributed by atoms with Crippen LogP contribution < -0.4 is 11.1 Å². The Morgan fingerprint density at radius 3 is 2.36 bits per heavy atom. The van der Waals surface area contributed by atoms with Crippen LogP contribution in [0, 0.1) is 18.6 Å². The molecule has 2 aliphatic rings. The summed E-state index contributed by atoms with van der Waals surface area (Å²) in [6.45, 7) is 10.4. The van der Waals surface area contributed by atoms with Crippen LogP contribution in [0.3, 0.4) is 0 Å². The molecule has 2 amide bonds. The summed E-state index contributed by atoms with van der Waals surface area (Å²) in [7, 11) is 0. The summed E-state index contributed by atoms with van der Waals surface area (Å²) in [5.74, 6) is -2.77. The van der Waals surface area contributed by atoms with Gasteiger partial charge in [-0.3, -0.25) is 9.69 Å². The second-order valence-electron chi connectivity index (χ2n) is 13.7. The van der Waals surface area contributed by atoms with Crippen molar-refractivity contribution in [1.82, 2.24) is 15.1 Å². The van der Waals surface area contributed by atoms with Gasteiger partial charge in [-0.1, -0.05) is 71.2 Å². The van der Waals surface area contributed by atoms with Crippen LogP contribution in [0.15, 0.2) is 60.7 Å². The van der Waals surface area contributed by atoms with E-state index in [4.69, 9.17) is 33.7 Å². The number of carbonyl (C=O) groups is 2. The third-order valence-electron chi connectivity index (χ3n) is 9.30. The highest BCUT2D eigenvalue weighted by Gasteiger charge is 2.60. The van der Waals surface area contributed by atoms with Gasteiger partial charge in [-0.05, 0) is 76.8 Å². The Bertz CT molecular complexity index is 1640. The van der Waals surface area contributed by atoms with E-state index in [1.54, 1.807) is 23.1 Å². The molecule has 2 fully saturated rings. The van der Waals surface area contributed by atoms with E-state index in [2.05, 4.69) is 5.32 Å². The smallest absolute Gasteiger partial charge is 0.410 e. The number of likely N-dealkylation sites (tertiary alicyclic amines) is 2. The SMILES string of the molecule is Cc1cccc(CN2C(C(=O)NC3CCN(C(=O)OC(C)(C)C)CC3)C(c3cccc(Cl)c3F)C(N)(c3ccc(Cl)cc3F)C2C)c1. The molecular weight excluding hydrogens is 645 g/mol. The lowest BCUT2D eigenvalue weighted by molar-refractivity contribution is -0.127. The van der Waals surface area contributed by atoms with Crippen molar-refractivity contribution in [1.29, 1.82) is 0 Å². The molecule has 0 bridgehead atoms. The highest BCUT2D eigenvalue weighted by molar-refractivity contribution is 6.31. The second-order valence-corrected chi connectivity index (χ2v) is 14.6. The molecule has 7 nitrogen and oxygen atoms in total. The van der Waals surface area contributed by atoms with Crippen molar-refractivity contribution in [2.24, 2.45) is 5.73 Å². The van der Waals surface area contributed by atoms with Crippen molar-refractivity contribution in [2.75, 3.05) is 13.1 Å². The summed E-state index contributed by atoms with van der Waals surface area (Å²) in [6, 6.07) is 14.8. The van der Waals surface area contributed by atoms with Crippen molar-refractivity contribution >= 4 is 35.2 Å². The number of hydrogen-bond acceptors (Lipinski definition) is 5. The minimum atomic E-state index is -1.58. The molecule has 2 saturated heterocycles. The van der Waals surface area contributed by atoms with Crippen LogP contribution in [0.2, 0.25) is 10.0 Å². The molecule has 47 heavy (non-hydrogen) atoms. The molecule has 4 atom stereocenters. The molecule has 0 aliphatic carbocycles. The summed E-state index contributed by atoms with van der Waals surface area (Å²) in [5, 5.41) is 3.24. The zero-order chi connectivity index (χ0) is 34.3. The Balaban J connectivity index is 1.55. The number of nitrogens with one attached hydrogen (secondary N) is 1. The first-order valence-corrected chi connectivity index (χ1v) is 16.6. The molecule has 0 saturated carbocycles. The Labute approximate surface area is 285 Å². The van der Waals surface area contributed by atoms with Crippen LogP contribution in [0.1, 0.15) is 68.7 Å². The van der Waals surface area contributed by atoms with E-state index in [0.29, 0.717) is 32.5 Å². The van der Waals surface area contributed by atoms with Crippen molar-refractivity contribution in [3.63, 3.8) is 0 Å². The Hall–Kier alpha value is -3.24. The number of nitrogens with two attached hydrogens (primary N) is 1. The lowest BCUT2D eigenvalue weighted by Gasteiger charge is -2.37. The predicted molar refractivity (Wildman–Crippen MR) is 180 cm³/mol. The van der Waals surface area contributed by atoms with Gasteiger partial charge in [0.25, 0.3) is 0 Å². The Morgan fingerprint density at radius 2 is 1.72 bits per heavy atom. The molecule has 3 aromatic carbocycles. The summed E-state index contributed by atoms with van der Waals surface area (Å²) >= 11 is 12.4. The largest absolute Gasteiger partial charge is 0.444 e. The standard InChI is InChI=1S/C36H42Cl2F2N4O3/c1-21-8-6-9-23(18-21)20-44-22(2)36(41,27-13-12-24(37)19-29(27)39)30(26-10-7-11-28(38)31(26)40)32(44)33(45)42-25-14-16-43(17-15-25)34(46)47-35(3,4)5/h6-13,18-19,22,25,30,32H,14-17,20,41H2,1-5H3,(H,42,45). The number of nitrogens with zero attached hydrogens (tertiary/aromatic N) is 2. The maximum atomic E-state index is 16.0. The van der Waals surface area contributed by atoms with Gasteiger partial charge in [0.05, 0.1) is 16.6 Å². The summed E-state index contributed by atoms with van der Waals surface area (Å²) in [6.07, 6.45) is 0.604. The third kappa shape index (κ3) is 7.28. The number of halogens is 4. The second kappa shape index (κ2) is 13.7. The fraction of sp³-hybridized carbons (Fsp3) is 0.444. The van der Waals surface area contributed by atoms with Crippen LogP contribution in [0.25, 0.3) is 0 Å². The molecule has 4 unspecified atom stereocenters. The van der Waals surface area contributed by atoms with E-state index in [0.717, 1.165) is 11.1 Å². The molecule has 3 N–H and O–H groups in total. The quantitative estimate of drug-likeness (QED) is 0.284. The van der Waals surface area contributed by atoms with Gasteiger partial charge in [-0.2, -0.15) is 0 Å². The van der Waals surface area contributed by atoms with Gasteiger partial charge in [0.2, 0.25) is 5.91 Å². The van der Waals surface area contributed by atoms with Crippen LogP contribution in [0.5, 0.6) is 0 Å². The Morgan fingerprint density at radius 1 is 1.04 bits per heavy atom. The zero-order valence-corrected chi connectivity index (χ0v) is 28.8. The predicted octanol–water partition coefficient (Wildman–Crippen LogP) is 7.31. The van der Waals surface area contributed by atoms with Crippen LogP contribution in [-0.4, -0.2) is 58.6 Å². The van der Waals surface area contributed by atoms with Crippen LogP contribution in [0.4, 0.5) is 13.6 Å². The topological polar surface area (TPSA) is 87.9 Å². The van der Waals surface area contributed by atoms with Gasteiger partial charge in [-0.15, -0.1) is 0 Å². The van der Waals surface area contributed by atoms with Crippen LogP contribution >= 0.6 is 23.2 Å². The average molecular weight is 688 g/mol. The Kier molecular flexibility index (Phi) is 10.2. The van der Waals surface area contributed by atoms with Gasteiger partial charge in [0.15, 0.2) is 0 Å². The first-order chi connectivity index (χ1) is 22.1. The van der Waals surface area contributed by atoms with E-state index < -0.39 is 46.9 Å². The molecule has 2 aliphatic heterocycles. The van der Waals surface area contributed by atoms with Crippen molar-refractivity contribution in [2.45, 2.75) is 89.2 Å². The maximum Gasteiger partial charge on any atom is 0.410 e. The average Bonchev–Trinajstić information content (AvgIpc) is 3.20. The number of rotatable bonds is 6. The number of benzene rings is 3. The van der Waals surface area contributed by atoms with Crippen molar-refractivity contribution in [3.8, 4) is 0 Å². The van der Waals surface area contributed by atoms with Gasteiger partial charge in [-0.25, -0.2) is 13.6 Å². The molecule has 252 valence electrons. The van der Waals surface area contributed by atoms with E-state index in [9.17, 15) is 9.59 Å². The first-order valence-electron chi connectivity index (χ1n) is 15.9. The van der Waals surface area contributed by atoms with E-state index in [1.807, 2.05) is 63.8 Å². The lowest BCUT2D eigenvalue weighted by Crippen LogP contribution is -2.53. The third-order valence-corrected chi connectivity index (χ3v) is 9.83. The molecule has 0 radical (unpaired) electrons. The van der Waals surface area contributed by atoms with E-state index in [1.165, 1.54) is 18.2 Å². The summed E-state index contributed by atoms with van der Waals surface area (Å²) in [5.41, 5.74) is 7.33. The molecular formula is C36H42Cl2F2N4O3. The summed E-state index contributed by atoms with van der Waals surface area (Å²) < 4.78 is 37.4. The number of hydrogen-bond donors (Lipinski definition) is 2. The minimum Gasteiger partial charge on any atom is -0.444 e. The van der Waals surface area contributed by atoms with Crippen LogP contribution in [-0.2, 0) is 21.6 Å². The number of carbonyl (C=O) groups excluding carboxylic acids is 2. The highest BCUT2D eigenvalue weighted by atomic mass is 35.5. The number of amides is 2. The fourth-order valence-corrected chi connectivity index (χ4v) is 7.37. The molecule has 3 aromatic rings. The van der Waals surface area contributed by atoms with Crippen molar-refractivity contribution in [3.05, 3.63) is 105 Å². The van der Waals surface area contributed by atoms with Gasteiger partial charge in [0.1, 0.15) is 17.2 Å². The monoisotopic (exact) mass is 686 g/mol. The zero-order valence-electron chi connectivity index (χ0n) is 27.3. The van der Waals surface area contributed by atoms with Crippen molar-refractivity contribution < 1.29 is 23.1 Å². The molecule has 0 spiro atoms. The highest BCUT2D eigenvalue weighted by Crippen LogP contribution is 2.52. The van der Waals surface area contributed by atoms with E-state index >= 15 is 8.78 Å². The lowest BCUT2D eigenvalue weighted by atomic mass is 9.71. The maximum absolute atomic E-state index is 16.0. The first kappa shape index (κ1) is 35.1. The normalized spacial score (nSPS) is 24.0. The number of piperidine rings is 1. The molecule has 11 heteroatoms. The van der Waals surface area contributed by atoms with E-state index in [-0.39, 0.29) is 33.1 Å². The van der Waals surface area contributed by atoms with Gasteiger partial charge >= 0.3 is 6.09 Å².